The smallest absolute Gasteiger partial charge is 0.270 e. The predicted molar refractivity (Wildman–Crippen MR) is 125 cm³/mol. The summed E-state index contributed by atoms with van der Waals surface area (Å²) in [5, 5.41) is 0.203. The van der Waals surface area contributed by atoms with Gasteiger partial charge in [0.05, 0.1) is 29.3 Å². The van der Waals surface area contributed by atoms with Gasteiger partial charge in [0, 0.05) is 6.42 Å². The van der Waals surface area contributed by atoms with Gasteiger partial charge in [0.1, 0.15) is 11.5 Å². The van der Waals surface area contributed by atoms with E-state index in [0.717, 1.165) is 9.87 Å². The highest BCUT2D eigenvalue weighted by molar-refractivity contribution is 7.93. The van der Waals surface area contributed by atoms with Crippen LogP contribution in [0.2, 0.25) is 5.02 Å². The Labute approximate surface area is 193 Å². The number of aryl methyl sites for hydroxylation is 1. The van der Waals surface area contributed by atoms with Gasteiger partial charge in [-0.3, -0.25) is 4.79 Å². The van der Waals surface area contributed by atoms with E-state index >= 15 is 0 Å². The van der Waals surface area contributed by atoms with Crippen molar-refractivity contribution in [2.24, 2.45) is 0 Å². The molecule has 0 N–H and O–H groups in total. The van der Waals surface area contributed by atoms with Gasteiger partial charge in [-0.25, -0.2) is 12.7 Å². The molecule has 0 spiro atoms. The van der Waals surface area contributed by atoms with E-state index in [2.05, 4.69) is 0 Å². The molecule has 0 saturated carbocycles. The highest BCUT2D eigenvalue weighted by Crippen LogP contribution is 2.32. The van der Waals surface area contributed by atoms with Crippen LogP contribution in [-0.2, 0) is 14.8 Å². The average molecular weight is 474 g/mol. The number of benzene rings is 3. The number of rotatable bonds is 9. The lowest BCUT2D eigenvalue weighted by Gasteiger charge is -2.23. The second kappa shape index (κ2) is 10.5. The van der Waals surface area contributed by atoms with Gasteiger partial charge < -0.3 is 9.47 Å². The summed E-state index contributed by atoms with van der Waals surface area (Å²) in [7, 11) is -2.68. The Morgan fingerprint density at radius 2 is 1.75 bits per heavy atom. The topological polar surface area (TPSA) is 72.9 Å². The minimum absolute atomic E-state index is 0.0105. The molecule has 0 aliphatic carbocycles. The molecule has 0 fully saturated rings. The quantitative estimate of drug-likeness (QED) is 0.397. The molecule has 0 radical (unpaired) electrons. The van der Waals surface area contributed by atoms with Gasteiger partial charge in [-0.15, -0.1) is 0 Å². The largest absolute Gasteiger partial charge is 0.495 e. The number of halogens is 1. The number of carbonyl (C=O) groups excluding carboxylic acids is 1. The second-order valence-electron chi connectivity index (χ2n) is 7.06. The first kappa shape index (κ1) is 23.6. The number of hydrogen-bond donors (Lipinski definition) is 0. The molecule has 1 amide bonds. The van der Waals surface area contributed by atoms with Gasteiger partial charge in [-0.1, -0.05) is 41.9 Å². The van der Waals surface area contributed by atoms with Crippen LogP contribution in [0.25, 0.3) is 0 Å². The van der Waals surface area contributed by atoms with Crippen LogP contribution >= 0.6 is 11.6 Å². The number of methoxy groups -OCH3 is 1. The highest BCUT2D eigenvalue weighted by atomic mass is 35.5. The van der Waals surface area contributed by atoms with Crippen LogP contribution in [0.4, 0.5) is 5.69 Å². The molecule has 3 aromatic rings. The van der Waals surface area contributed by atoms with E-state index in [0.29, 0.717) is 17.9 Å². The van der Waals surface area contributed by atoms with Crippen LogP contribution in [0.3, 0.4) is 0 Å². The second-order valence-corrected chi connectivity index (χ2v) is 9.26. The Morgan fingerprint density at radius 1 is 1.00 bits per heavy atom. The minimum atomic E-state index is -4.14. The van der Waals surface area contributed by atoms with Crippen molar-refractivity contribution in [2.45, 2.75) is 24.7 Å². The molecule has 0 aliphatic heterocycles. The van der Waals surface area contributed by atoms with E-state index in [1.807, 2.05) is 31.2 Å². The fourth-order valence-electron chi connectivity index (χ4n) is 3.12. The van der Waals surface area contributed by atoms with Crippen LogP contribution in [0, 0.1) is 6.92 Å². The van der Waals surface area contributed by atoms with Crippen molar-refractivity contribution in [3.8, 4) is 11.5 Å². The summed E-state index contributed by atoms with van der Waals surface area (Å²) >= 11 is 6.20. The molecular formula is C24H24ClNO5S. The molecule has 0 saturated heterocycles. The molecule has 168 valence electrons. The van der Waals surface area contributed by atoms with Crippen LogP contribution in [0.1, 0.15) is 18.4 Å². The Balaban J connectivity index is 1.82. The van der Waals surface area contributed by atoms with Crippen LogP contribution in [0.5, 0.6) is 11.5 Å². The maximum absolute atomic E-state index is 13.3. The minimum Gasteiger partial charge on any atom is -0.495 e. The highest BCUT2D eigenvalue weighted by Gasteiger charge is 2.31. The van der Waals surface area contributed by atoms with E-state index in [1.165, 1.54) is 37.4 Å². The van der Waals surface area contributed by atoms with Gasteiger partial charge in [0.15, 0.2) is 0 Å². The SMILES string of the molecule is COc1ccc(N(C(=O)CCCOc2cccc(C)c2)S(=O)(=O)c2ccccc2)cc1Cl. The molecule has 32 heavy (non-hydrogen) atoms. The molecule has 6 nitrogen and oxygen atoms in total. The Bertz CT molecular complexity index is 1180. The lowest BCUT2D eigenvalue weighted by atomic mass is 10.2. The molecule has 0 atom stereocenters. The number of nitrogens with zero attached hydrogens (tertiary/aromatic N) is 1. The number of anilines is 1. The fourth-order valence-corrected chi connectivity index (χ4v) is 4.83. The van der Waals surface area contributed by atoms with Gasteiger partial charge >= 0.3 is 0 Å². The van der Waals surface area contributed by atoms with Gasteiger partial charge in [-0.2, -0.15) is 0 Å². The summed E-state index contributed by atoms with van der Waals surface area (Å²) in [6.45, 7) is 2.24. The average Bonchev–Trinajstić information content (AvgIpc) is 2.77. The summed E-state index contributed by atoms with van der Waals surface area (Å²) in [6, 6.07) is 19.8. The van der Waals surface area contributed by atoms with Crippen LogP contribution in [0.15, 0.2) is 77.7 Å². The Morgan fingerprint density at radius 3 is 2.41 bits per heavy atom. The molecule has 0 unspecified atom stereocenters. The maximum atomic E-state index is 13.3. The number of hydrogen-bond acceptors (Lipinski definition) is 5. The third-order valence-corrected chi connectivity index (χ3v) is 6.73. The van der Waals surface area contributed by atoms with Gasteiger partial charge in [0.2, 0.25) is 5.91 Å². The van der Waals surface area contributed by atoms with Crippen molar-refractivity contribution in [3.63, 3.8) is 0 Å². The third-order valence-electron chi connectivity index (χ3n) is 4.67. The molecule has 8 heteroatoms. The van der Waals surface area contributed by atoms with Crippen molar-refractivity contribution in [3.05, 3.63) is 83.4 Å². The van der Waals surface area contributed by atoms with Crippen molar-refractivity contribution < 1.29 is 22.7 Å². The van der Waals surface area contributed by atoms with E-state index in [9.17, 15) is 13.2 Å². The van der Waals surface area contributed by atoms with Crippen LogP contribution in [-0.4, -0.2) is 28.0 Å². The van der Waals surface area contributed by atoms with E-state index in [1.54, 1.807) is 18.2 Å². The molecule has 0 aliphatic rings. The number of ether oxygens (including phenoxy) is 2. The Kier molecular flexibility index (Phi) is 7.77. The zero-order chi connectivity index (χ0) is 23.1. The first-order valence-corrected chi connectivity index (χ1v) is 11.8. The zero-order valence-corrected chi connectivity index (χ0v) is 19.4. The lowest BCUT2D eigenvalue weighted by molar-refractivity contribution is -0.117. The zero-order valence-electron chi connectivity index (χ0n) is 17.8. The molecule has 0 bridgehead atoms. The predicted octanol–water partition coefficient (Wildman–Crippen LogP) is 5.24. The normalized spacial score (nSPS) is 11.1. The van der Waals surface area contributed by atoms with Crippen molar-refractivity contribution in [2.75, 3.05) is 18.0 Å². The molecule has 0 aromatic heterocycles. The number of carbonyl (C=O) groups is 1. The molecule has 0 heterocycles. The van der Waals surface area contributed by atoms with E-state index in [4.69, 9.17) is 21.1 Å². The van der Waals surface area contributed by atoms with E-state index in [-0.39, 0.29) is 28.6 Å². The number of amides is 1. The molecular weight excluding hydrogens is 450 g/mol. The fraction of sp³-hybridized carbons (Fsp3) is 0.208. The summed E-state index contributed by atoms with van der Waals surface area (Å²) in [5.41, 5.74) is 1.21. The maximum Gasteiger partial charge on any atom is 0.270 e. The van der Waals surface area contributed by atoms with Crippen LogP contribution < -0.4 is 13.8 Å². The lowest BCUT2D eigenvalue weighted by Crippen LogP contribution is -2.37. The van der Waals surface area contributed by atoms with E-state index < -0.39 is 15.9 Å². The molecule has 3 aromatic carbocycles. The summed E-state index contributed by atoms with van der Waals surface area (Å²) in [4.78, 5) is 13.1. The van der Waals surface area contributed by atoms with Crippen molar-refractivity contribution in [1.29, 1.82) is 0 Å². The summed E-state index contributed by atoms with van der Waals surface area (Å²) in [6.07, 6.45) is 0.318. The molecule has 3 rings (SSSR count). The van der Waals surface area contributed by atoms with Crippen molar-refractivity contribution >= 4 is 33.2 Å². The van der Waals surface area contributed by atoms with Crippen molar-refractivity contribution in [1.82, 2.24) is 0 Å². The summed E-state index contributed by atoms with van der Waals surface area (Å²) in [5.74, 6) is 0.502. The number of sulfonamides is 1. The first-order chi connectivity index (χ1) is 15.3. The monoisotopic (exact) mass is 473 g/mol. The standard InChI is InChI=1S/C24H24ClNO5S/c1-18-8-6-9-20(16-18)31-15-7-12-24(27)26(19-13-14-23(30-2)22(25)17-19)32(28,29)21-10-4-3-5-11-21/h3-6,8-11,13-14,16-17H,7,12,15H2,1-2H3. The van der Waals surface area contributed by atoms with Gasteiger partial charge in [0.25, 0.3) is 10.0 Å². The summed E-state index contributed by atoms with van der Waals surface area (Å²) < 4.78 is 38.3. The first-order valence-electron chi connectivity index (χ1n) is 9.99. The third kappa shape index (κ3) is 5.60. The van der Waals surface area contributed by atoms with Gasteiger partial charge in [-0.05, 0) is 61.4 Å². The Hall–Kier alpha value is -3.03.